The van der Waals surface area contributed by atoms with Gasteiger partial charge >= 0.3 is 0 Å². The van der Waals surface area contributed by atoms with E-state index >= 15 is 0 Å². The number of hydrogen-bond acceptors (Lipinski definition) is 4. The van der Waals surface area contributed by atoms with E-state index in [1.807, 2.05) is 18.3 Å². The average molecular weight is 291 g/mol. The first-order valence-electron chi connectivity index (χ1n) is 4.78. The van der Waals surface area contributed by atoms with Gasteiger partial charge < -0.3 is 4.57 Å². The highest BCUT2D eigenvalue weighted by molar-refractivity contribution is 9.10. The molecule has 0 unspecified atom stereocenters. The molecule has 0 amide bonds. The molecule has 0 aliphatic heterocycles. The van der Waals surface area contributed by atoms with E-state index in [-0.39, 0.29) is 5.69 Å². The minimum atomic E-state index is 0.161. The maximum atomic E-state index is 8.93. The fourth-order valence-corrected chi connectivity index (χ4v) is 1.75. The number of rotatable bonds is 3. The molecule has 0 bridgehead atoms. The Labute approximate surface area is 106 Å². The summed E-state index contributed by atoms with van der Waals surface area (Å²) in [6.07, 6.45) is 5.03. The fraction of sp³-hybridized carbons (Fsp3) is 0.200. The van der Waals surface area contributed by atoms with E-state index in [0.29, 0.717) is 18.8 Å². The van der Waals surface area contributed by atoms with E-state index in [1.165, 1.54) is 6.33 Å². The summed E-state index contributed by atoms with van der Waals surface area (Å²) in [7, 11) is 0. The summed E-state index contributed by atoms with van der Waals surface area (Å²) in [6.45, 7) is 1.16. The van der Waals surface area contributed by atoms with Gasteiger partial charge in [-0.2, -0.15) is 15.6 Å². The van der Waals surface area contributed by atoms with Crippen molar-refractivity contribution in [3.8, 4) is 12.1 Å². The second-order valence-electron chi connectivity index (χ2n) is 3.28. The molecule has 2 rings (SSSR count). The lowest BCUT2D eigenvalue weighted by Crippen LogP contribution is -2.08. The van der Waals surface area contributed by atoms with Gasteiger partial charge in [-0.1, -0.05) is 0 Å². The van der Waals surface area contributed by atoms with Crippen molar-refractivity contribution in [3.63, 3.8) is 0 Å². The number of nitriles is 2. The molecule has 84 valence electrons. The molecule has 0 saturated carbocycles. The minimum absolute atomic E-state index is 0.161. The Morgan fingerprint density at radius 1 is 1.29 bits per heavy atom. The van der Waals surface area contributed by atoms with Crippen molar-refractivity contribution in [2.45, 2.75) is 13.1 Å². The average Bonchev–Trinajstić information content (AvgIpc) is 2.91. The van der Waals surface area contributed by atoms with E-state index < -0.39 is 0 Å². The largest absolute Gasteiger partial charge is 0.319 e. The summed E-state index contributed by atoms with van der Waals surface area (Å²) in [4.78, 5) is 3.86. The molecule has 0 fully saturated rings. The third kappa shape index (κ3) is 2.35. The minimum Gasteiger partial charge on any atom is -0.319 e. The Morgan fingerprint density at radius 3 is 2.71 bits per heavy atom. The highest BCUT2D eigenvalue weighted by atomic mass is 79.9. The predicted molar refractivity (Wildman–Crippen MR) is 61.6 cm³/mol. The van der Waals surface area contributed by atoms with Crippen LogP contribution in [0.5, 0.6) is 0 Å². The first-order valence-corrected chi connectivity index (χ1v) is 5.57. The quantitative estimate of drug-likeness (QED) is 0.853. The highest BCUT2D eigenvalue weighted by Gasteiger charge is 2.09. The van der Waals surface area contributed by atoms with Gasteiger partial charge in [0.25, 0.3) is 0 Å². The Hall–Kier alpha value is -2.12. The molecule has 2 heterocycles. The normalized spacial score (nSPS) is 9.82. The molecule has 0 aliphatic carbocycles. The van der Waals surface area contributed by atoms with E-state index in [4.69, 9.17) is 10.5 Å². The second-order valence-corrected chi connectivity index (χ2v) is 4.20. The van der Waals surface area contributed by atoms with E-state index in [1.54, 1.807) is 15.4 Å². The van der Waals surface area contributed by atoms with Crippen LogP contribution in [0.25, 0.3) is 0 Å². The molecule has 17 heavy (non-hydrogen) atoms. The lowest BCUT2D eigenvalue weighted by molar-refractivity contribution is 0.530. The number of imidazole rings is 1. The predicted octanol–water partition coefficient (Wildman–Crippen LogP) is 1.29. The van der Waals surface area contributed by atoms with Crippen LogP contribution < -0.4 is 0 Å². The first-order chi connectivity index (χ1) is 8.24. The summed E-state index contributed by atoms with van der Waals surface area (Å²) in [6, 6.07) is 3.86. The van der Waals surface area contributed by atoms with Gasteiger partial charge in [-0.05, 0) is 15.9 Å². The van der Waals surface area contributed by atoms with Gasteiger partial charge in [0.2, 0.25) is 0 Å². The van der Waals surface area contributed by atoms with Crippen molar-refractivity contribution in [1.82, 2.24) is 19.3 Å². The van der Waals surface area contributed by atoms with Crippen molar-refractivity contribution >= 4 is 15.9 Å². The van der Waals surface area contributed by atoms with Gasteiger partial charge in [0.1, 0.15) is 12.1 Å². The Bertz CT molecular complexity index is 612. The van der Waals surface area contributed by atoms with Gasteiger partial charge in [-0.15, -0.1) is 0 Å². The van der Waals surface area contributed by atoms with Crippen LogP contribution in [0.15, 0.2) is 23.2 Å². The van der Waals surface area contributed by atoms with Crippen molar-refractivity contribution in [2.24, 2.45) is 0 Å². The number of aryl methyl sites for hydroxylation is 2. The van der Waals surface area contributed by atoms with Crippen LogP contribution in [0.4, 0.5) is 0 Å². The van der Waals surface area contributed by atoms with Crippen molar-refractivity contribution in [2.75, 3.05) is 0 Å². The lowest BCUT2D eigenvalue weighted by atomic mass is 10.3. The molecule has 0 aromatic carbocycles. The highest BCUT2D eigenvalue weighted by Crippen LogP contribution is 2.08. The van der Waals surface area contributed by atoms with Crippen LogP contribution in [0, 0.1) is 22.7 Å². The van der Waals surface area contributed by atoms with Crippen molar-refractivity contribution in [3.05, 3.63) is 34.6 Å². The van der Waals surface area contributed by atoms with Crippen LogP contribution in [0.1, 0.15) is 11.4 Å². The third-order valence-electron chi connectivity index (χ3n) is 2.22. The molecule has 0 atom stereocenters. The lowest BCUT2D eigenvalue weighted by Gasteiger charge is -2.03. The molecule has 6 nitrogen and oxygen atoms in total. The van der Waals surface area contributed by atoms with E-state index in [9.17, 15) is 0 Å². The molecule has 0 spiro atoms. The smallest absolute Gasteiger partial charge is 0.176 e. The first kappa shape index (κ1) is 11.4. The summed E-state index contributed by atoms with van der Waals surface area (Å²) < 4.78 is 4.30. The Morgan fingerprint density at radius 2 is 2.12 bits per heavy atom. The zero-order valence-electron chi connectivity index (χ0n) is 8.71. The molecular formula is C10H7BrN6. The van der Waals surface area contributed by atoms with Crippen LogP contribution in [0.2, 0.25) is 0 Å². The van der Waals surface area contributed by atoms with Crippen LogP contribution in [-0.2, 0) is 13.1 Å². The molecule has 0 saturated heterocycles. The second kappa shape index (κ2) is 4.81. The monoisotopic (exact) mass is 290 g/mol. The van der Waals surface area contributed by atoms with Gasteiger partial charge in [-0.3, -0.25) is 4.68 Å². The fourth-order valence-electron chi connectivity index (χ4n) is 1.42. The molecule has 0 radical (unpaired) electrons. The molecule has 7 heteroatoms. The number of hydrogen-bond donors (Lipinski definition) is 0. The molecular weight excluding hydrogens is 284 g/mol. The standard InChI is InChI=1S/C10H7BrN6/c11-8-5-15-17(6-8)2-1-16-7-14-9(3-12)10(16)4-13/h5-7H,1-2H2. The summed E-state index contributed by atoms with van der Waals surface area (Å²) in [5.41, 5.74) is 0.452. The van der Waals surface area contributed by atoms with Crippen molar-refractivity contribution in [1.29, 1.82) is 10.5 Å². The number of nitrogens with zero attached hydrogens (tertiary/aromatic N) is 6. The molecule has 2 aromatic heterocycles. The van der Waals surface area contributed by atoms with Gasteiger partial charge in [0.15, 0.2) is 11.4 Å². The van der Waals surface area contributed by atoms with Crippen molar-refractivity contribution < 1.29 is 0 Å². The topological polar surface area (TPSA) is 83.2 Å². The summed E-state index contributed by atoms with van der Waals surface area (Å²) >= 11 is 3.30. The maximum absolute atomic E-state index is 8.93. The van der Waals surface area contributed by atoms with Gasteiger partial charge in [0.05, 0.1) is 23.5 Å². The van der Waals surface area contributed by atoms with Gasteiger partial charge in [0, 0.05) is 12.7 Å². The zero-order chi connectivity index (χ0) is 12.3. The van der Waals surface area contributed by atoms with Gasteiger partial charge in [-0.25, -0.2) is 4.98 Å². The molecule has 0 N–H and O–H groups in total. The summed E-state index contributed by atoms with van der Waals surface area (Å²) in [5, 5.41) is 21.8. The molecule has 0 aliphatic rings. The Kier molecular flexibility index (Phi) is 3.22. The Balaban J connectivity index is 2.13. The zero-order valence-corrected chi connectivity index (χ0v) is 10.3. The van der Waals surface area contributed by atoms with Crippen LogP contribution in [0.3, 0.4) is 0 Å². The van der Waals surface area contributed by atoms with E-state index in [0.717, 1.165) is 4.47 Å². The van der Waals surface area contributed by atoms with E-state index in [2.05, 4.69) is 26.0 Å². The van der Waals surface area contributed by atoms with Crippen LogP contribution in [-0.4, -0.2) is 19.3 Å². The number of halogens is 1. The third-order valence-corrected chi connectivity index (χ3v) is 2.63. The SMILES string of the molecule is N#Cc1ncn(CCn2cc(Br)cn2)c1C#N. The maximum Gasteiger partial charge on any atom is 0.176 e. The van der Waals surface area contributed by atoms with Crippen LogP contribution >= 0.6 is 15.9 Å². The number of aromatic nitrogens is 4. The molecule has 2 aromatic rings. The summed E-state index contributed by atoms with van der Waals surface area (Å²) in [5.74, 6) is 0.